The number of ether oxygens (including phenoxy) is 1. The van der Waals surface area contributed by atoms with Crippen molar-refractivity contribution in [3.05, 3.63) is 28.8 Å². The summed E-state index contributed by atoms with van der Waals surface area (Å²) in [6.07, 6.45) is 5.76. The monoisotopic (exact) mass is 323 g/mol. The van der Waals surface area contributed by atoms with Crippen molar-refractivity contribution in [2.45, 2.75) is 52.1 Å². The summed E-state index contributed by atoms with van der Waals surface area (Å²) in [6.45, 7) is 7.00. The molecule has 1 saturated heterocycles. The molecule has 2 rings (SSSR count). The normalized spacial score (nSPS) is 16.5. The van der Waals surface area contributed by atoms with Crippen molar-refractivity contribution in [3.63, 3.8) is 0 Å². The summed E-state index contributed by atoms with van der Waals surface area (Å²) in [7, 11) is 0. The van der Waals surface area contributed by atoms with Crippen molar-refractivity contribution in [2.24, 2.45) is 0 Å². The number of halogens is 1. The Balaban J connectivity index is 1.90. The first kappa shape index (κ1) is 17.3. The highest BCUT2D eigenvalue weighted by Crippen LogP contribution is 2.27. The van der Waals surface area contributed by atoms with Crippen molar-refractivity contribution in [3.8, 4) is 5.75 Å². The number of hydrogen-bond acceptors (Lipinski definition) is 3. The molecule has 1 fully saturated rings. The summed E-state index contributed by atoms with van der Waals surface area (Å²) in [5.41, 5.74) is 0.677. The van der Waals surface area contributed by atoms with Crippen molar-refractivity contribution in [1.29, 1.82) is 0 Å². The van der Waals surface area contributed by atoms with E-state index in [1.165, 1.54) is 25.7 Å². The molecule has 0 bridgehead atoms. The molecular formula is C18H26ClNO2. The fraction of sp³-hybridized carbons (Fsp3) is 0.611. The molecule has 0 N–H and O–H groups in total. The summed E-state index contributed by atoms with van der Waals surface area (Å²) < 4.78 is 5.60. The van der Waals surface area contributed by atoms with Crippen LogP contribution >= 0.6 is 11.6 Å². The Hall–Kier alpha value is -1.06. The van der Waals surface area contributed by atoms with Crippen molar-refractivity contribution < 1.29 is 9.53 Å². The zero-order valence-corrected chi connectivity index (χ0v) is 14.4. The molecule has 1 aliphatic rings. The van der Waals surface area contributed by atoms with Gasteiger partial charge in [0.05, 0.1) is 11.1 Å². The fourth-order valence-electron chi connectivity index (χ4n) is 2.79. The second-order valence-corrected chi connectivity index (χ2v) is 6.65. The number of carbonyl (C=O) groups excluding carboxylic acids is 1. The summed E-state index contributed by atoms with van der Waals surface area (Å²) in [4.78, 5) is 14.7. The molecule has 0 amide bonds. The third kappa shape index (κ3) is 5.29. The molecule has 1 aromatic rings. The lowest BCUT2D eigenvalue weighted by atomic mass is 10.1. The van der Waals surface area contributed by atoms with Gasteiger partial charge >= 0.3 is 0 Å². The van der Waals surface area contributed by atoms with Crippen LogP contribution in [-0.4, -0.2) is 36.4 Å². The number of carbonyl (C=O) groups is 1. The minimum atomic E-state index is 0.0714. The van der Waals surface area contributed by atoms with Crippen molar-refractivity contribution in [1.82, 2.24) is 4.90 Å². The Morgan fingerprint density at radius 2 is 1.91 bits per heavy atom. The van der Waals surface area contributed by atoms with Gasteiger partial charge in [0.15, 0.2) is 5.78 Å². The molecule has 3 nitrogen and oxygen atoms in total. The Morgan fingerprint density at radius 3 is 2.50 bits per heavy atom. The first-order valence-corrected chi connectivity index (χ1v) is 8.66. The predicted molar refractivity (Wildman–Crippen MR) is 91.1 cm³/mol. The average Bonchev–Trinajstić information content (AvgIpc) is 2.75. The summed E-state index contributed by atoms with van der Waals surface area (Å²) in [6, 6.07) is 5.33. The molecule has 0 atom stereocenters. The van der Waals surface area contributed by atoms with E-state index in [0.29, 0.717) is 22.8 Å². The zero-order valence-electron chi connectivity index (χ0n) is 13.6. The molecule has 0 unspecified atom stereocenters. The van der Waals surface area contributed by atoms with Crippen LogP contribution in [0.25, 0.3) is 0 Å². The molecule has 22 heavy (non-hydrogen) atoms. The minimum absolute atomic E-state index is 0.0714. The maximum Gasteiger partial charge on any atom is 0.164 e. The number of benzene rings is 1. The molecule has 0 spiro atoms. The molecule has 0 radical (unpaired) electrons. The van der Waals surface area contributed by atoms with Gasteiger partial charge in [0.25, 0.3) is 0 Å². The van der Waals surface area contributed by atoms with Crippen molar-refractivity contribution in [2.75, 3.05) is 19.6 Å². The van der Waals surface area contributed by atoms with Crippen LogP contribution in [0.15, 0.2) is 18.2 Å². The highest BCUT2D eigenvalue weighted by atomic mass is 35.5. The van der Waals surface area contributed by atoms with Gasteiger partial charge in [-0.1, -0.05) is 24.4 Å². The van der Waals surface area contributed by atoms with Gasteiger partial charge in [0.2, 0.25) is 0 Å². The van der Waals surface area contributed by atoms with E-state index in [1.54, 1.807) is 12.1 Å². The van der Waals surface area contributed by atoms with Gasteiger partial charge in [-0.05, 0) is 58.0 Å². The van der Waals surface area contributed by atoms with Gasteiger partial charge < -0.3 is 9.64 Å². The van der Waals surface area contributed by atoms with Crippen LogP contribution in [0.3, 0.4) is 0 Å². The Labute approximate surface area is 138 Å². The van der Waals surface area contributed by atoms with E-state index in [0.717, 1.165) is 19.6 Å². The number of rotatable bonds is 6. The average molecular weight is 324 g/mol. The van der Waals surface area contributed by atoms with Gasteiger partial charge in [-0.15, -0.1) is 0 Å². The Morgan fingerprint density at radius 1 is 1.23 bits per heavy atom. The van der Waals surface area contributed by atoms with E-state index >= 15 is 0 Å². The van der Waals surface area contributed by atoms with Crippen LogP contribution in [0.5, 0.6) is 5.75 Å². The lowest BCUT2D eigenvalue weighted by Crippen LogP contribution is -2.27. The molecule has 122 valence electrons. The standard InChI is InChI=1S/C18H26ClNO2/c1-14(2)22-18-8-7-15(13-16(18)19)17(21)9-12-20-10-5-3-4-6-11-20/h7-8,13-14H,3-6,9-12H2,1-2H3. The van der Waals surface area contributed by atoms with E-state index in [4.69, 9.17) is 16.3 Å². The molecule has 1 aromatic carbocycles. The highest BCUT2D eigenvalue weighted by Gasteiger charge is 2.14. The van der Waals surface area contributed by atoms with E-state index in [1.807, 2.05) is 19.9 Å². The predicted octanol–water partition coefficient (Wildman–Crippen LogP) is 4.58. The quantitative estimate of drug-likeness (QED) is 0.718. The van der Waals surface area contributed by atoms with Crippen molar-refractivity contribution >= 4 is 17.4 Å². The van der Waals surface area contributed by atoms with Gasteiger partial charge in [-0.2, -0.15) is 0 Å². The van der Waals surface area contributed by atoms with Gasteiger partial charge in [0, 0.05) is 18.5 Å². The number of Topliss-reactive ketones (excluding diaryl/α,β-unsaturated/α-hetero) is 1. The van der Waals surface area contributed by atoms with Crippen LogP contribution in [0, 0.1) is 0 Å². The van der Waals surface area contributed by atoms with Crippen LogP contribution in [0.4, 0.5) is 0 Å². The number of likely N-dealkylation sites (tertiary alicyclic amines) is 1. The fourth-order valence-corrected chi connectivity index (χ4v) is 3.01. The Bertz CT molecular complexity index is 494. The summed E-state index contributed by atoms with van der Waals surface area (Å²) in [5, 5.41) is 0.509. The molecule has 0 saturated carbocycles. The van der Waals surface area contributed by atoms with E-state index in [-0.39, 0.29) is 11.9 Å². The first-order chi connectivity index (χ1) is 10.6. The molecule has 0 aromatic heterocycles. The van der Waals surface area contributed by atoms with Gasteiger partial charge in [0.1, 0.15) is 5.75 Å². The largest absolute Gasteiger partial charge is 0.489 e. The van der Waals surface area contributed by atoms with Gasteiger partial charge in [-0.25, -0.2) is 0 Å². The minimum Gasteiger partial charge on any atom is -0.489 e. The van der Waals surface area contributed by atoms with E-state index < -0.39 is 0 Å². The van der Waals surface area contributed by atoms with Crippen LogP contribution < -0.4 is 4.74 Å². The lowest BCUT2D eigenvalue weighted by Gasteiger charge is -2.19. The maximum atomic E-state index is 12.3. The number of hydrogen-bond donors (Lipinski definition) is 0. The van der Waals surface area contributed by atoms with Gasteiger partial charge in [-0.3, -0.25) is 4.79 Å². The molecule has 1 heterocycles. The SMILES string of the molecule is CC(C)Oc1ccc(C(=O)CCN2CCCCCC2)cc1Cl. The smallest absolute Gasteiger partial charge is 0.164 e. The third-order valence-electron chi connectivity index (χ3n) is 3.97. The second-order valence-electron chi connectivity index (χ2n) is 6.24. The second kappa shape index (κ2) is 8.54. The third-order valence-corrected chi connectivity index (χ3v) is 4.27. The number of nitrogens with zero attached hydrogens (tertiary/aromatic N) is 1. The maximum absolute atomic E-state index is 12.3. The van der Waals surface area contributed by atoms with Crippen LogP contribution in [0.2, 0.25) is 5.02 Å². The molecule has 0 aliphatic carbocycles. The highest BCUT2D eigenvalue weighted by molar-refractivity contribution is 6.32. The molecular weight excluding hydrogens is 298 g/mol. The van der Waals surface area contributed by atoms with Crippen LogP contribution in [-0.2, 0) is 0 Å². The zero-order chi connectivity index (χ0) is 15.9. The first-order valence-electron chi connectivity index (χ1n) is 8.28. The lowest BCUT2D eigenvalue weighted by molar-refractivity contribution is 0.0965. The Kier molecular flexibility index (Phi) is 6.71. The van der Waals surface area contributed by atoms with E-state index in [9.17, 15) is 4.79 Å². The van der Waals surface area contributed by atoms with E-state index in [2.05, 4.69) is 4.90 Å². The summed E-state index contributed by atoms with van der Waals surface area (Å²) in [5.74, 6) is 0.794. The molecule has 4 heteroatoms. The topological polar surface area (TPSA) is 29.5 Å². The summed E-state index contributed by atoms with van der Waals surface area (Å²) >= 11 is 6.20. The van der Waals surface area contributed by atoms with Crippen LogP contribution in [0.1, 0.15) is 56.3 Å². The number of ketones is 1. The molecule has 1 aliphatic heterocycles.